The van der Waals surface area contributed by atoms with Crippen LogP contribution >= 0.6 is 0 Å². The first-order chi connectivity index (χ1) is 18.3. The van der Waals surface area contributed by atoms with Crippen molar-refractivity contribution < 1.29 is 32.6 Å². The zero-order valence-electron chi connectivity index (χ0n) is 21.5. The average Bonchev–Trinajstić information content (AvgIpc) is 2.92. The van der Waals surface area contributed by atoms with E-state index in [1.165, 1.54) is 18.7 Å². The zero-order chi connectivity index (χ0) is 27.5. The molecule has 3 rings (SSSR count). The van der Waals surface area contributed by atoms with Crippen LogP contribution in [0.3, 0.4) is 0 Å². The van der Waals surface area contributed by atoms with Crippen molar-refractivity contribution in [3.63, 3.8) is 0 Å². The van der Waals surface area contributed by atoms with Crippen LogP contribution in [0.15, 0.2) is 30.3 Å². The highest BCUT2D eigenvalue weighted by atomic mass is 19.2. The van der Waals surface area contributed by atoms with Crippen molar-refractivity contribution in [3.8, 4) is 0 Å². The zero-order valence-corrected chi connectivity index (χ0v) is 21.5. The largest absolute Gasteiger partial charge is 0.480 e. The minimum Gasteiger partial charge on any atom is -0.480 e. The van der Waals surface area contributed by atoms with Gasteiger partial charge in [0.05, 0.1) is 11.7 Å². The van der Waals surface area contributed by atoms with Crippen LogP contribution < -0.4 is 10.6 Å². The molecular weight excluding hydrogens is 501 g/mol. The summed E-state index contributed by atoms with van der Waals surface area (Å²) in [6.45, 7) is 1.25. The number of carbonyl (C=O) groups excluding carboxylic acids is 1. The predicted molar refractivity (Wildman–Crippen MR) is 137 cm³/mol. The molecule has 208 valence electrons. The summed E-state index contributed by atoms with van der Waals surface area (Å²) in [6, 6.07) is 5.92. The predicted octanol–water partition coefficient (Wildman–Crippen LogP) is 3.60. The molecule has 0 fully saturated rings. The van der Waals surface area contributed by atoms with Crippen molar-refractivity contribution in [2.45, 2.75) is 50.7 Å². The number of carbonyl (C=O) groups is 2. The van der Waals surface area contributed by atoms with Gasteiger partial charge in [0.25, 0.3) is 5.91 Å². The van der Waals surface area contributed by atoms with Crippen molar-refractivity contribution in [1.82, 2.24) is 15.2 Å². The van der Waals surface area contributed by atoms with Crippen LogP contribution in [0, 0.1) is 11.6 Å². The van der Waals surface area contributed by atoms with Gasteiger partial charge in [0.2, 0.25) is 0 Å². The molecule has 2 unspecified atom stereocenters. The number of unbranched alkanes of at least 4 members (excludes halogenated alkanes) is 1. The third kappa shape index (κ3) is 8.42. The van der Waals surface area contributed by atoms with E-state index in [1.54, 1.807) is 0 Å². The van der Waals surface area contributed by atoms with Gasteiger partial charge >= 0.3 is 5.97 Å². The number of ether oxygens (including phenoxy) is 1. The summed E-state index contributed by atoms with van der Waals surface area (Å²) in [6.07, 6.45) is 3.78. The smallest absolute Gasteiger partial charge is 0.326 e. The fourth-order valence-corrected chi connectivity index (χ4v) is 4.40. The second kappa shape index (κ2) is 14.7. The van der Waals surface area contributed by atoms with Crippen LogP contribution in [0.4, 0.5) is 19.0 Å². The summed E-state index contributed by atoms with van der Waals surface area (Å²) in [5.41, 5.74) is 1.64. The molecule has 1 aromatic heterocycles. The fraction of sp³-hybridized carbons (Fsp3) is 0.519. The molecule has 0 saturated heterocycles. The Morgan fingerprint density at radius 3 is 2.76 bits per heavy atom. The lowest BCUT2D eigenvalue weighted by molar-refractivity contribution is -0.139. The van der Waals surface area contributed by atoms with E-state index in [0.29, 0.717) is 6.54 Å². The molecule has 2 aromatic rings. The Hall–Kier alpha value is -3.18. The second-order valence-corrected chi connectivity index (χ2v) is 9.36. The lowest BCUT2D eigenvalue weighted by Crippen LogP contribution is -2.44. The number of benzene rings is 1. The summed E-state index contributed by atoms with van der Waals surface area (Å²) in [5.74, 6) is -3.93. The number of rotatable bonds is 15. The van der Waals surface area contributed by atoms with E-state index < -0.39 is 47.9 Å². The van der Waals surface area contributed by atoms with E-state index in [9.17, 15) is 27.9 Å². The Morgan fingerprint density at radius 2 is 2.03 bits per heavy atom. The number of carboxylic acid groups (broad SMARTS) is 1. The Bertz CT molecular complexity index is 1080. The highest BCUT2D eigenvalue weighted by Gasteiger charge is 2.25. The molecule has 11 heteroatoms. The molecule has 3 N–H and O–H groups in total. The van der Waals surface area contributed by atoms with Gasteiger partial charge in [-0.05, 0) is 68.8 Å². The molecule has 2 atom stereocenters. The fourth-order valence-electron chi connectivity index (χ4n) is 4.40. The molecule has 0 spiro atoms. The first-order valence-electron chi connectivity index (χ1n) is 12.8. The van der Waals surface area contributed by atoms with Crippen LogP contribution in [-0.2, 0) is 22.4 Å². The molecule has 0 aliphatic carbocycles. The van der Waals surface area contributed by atoms with E-state index in [-0.39, 0.29) is 19.5 Å². The monoisotopic (exact) mass is 536 g/mol. The topological polar surface area (TPSA) is 104 Å². The van der Waals surface area contributed by atoms with Crippen LogP contribution in [0.1, 0.15) is 47.3 Å². The molecule has 0 saturated carbocycles. The van der Waals surface area contributed by atoms with Gasteiger partial charge in [0, 0.05) is 32.4 Å². The van der Waals surface area contributed by atoms with Crippen molar-refractivity contribution in [3.05, 3.63) is 58.8 Å². The van der Waals surface area contributed by atoms with Gasteiger partial charge in [-0.25, -0.2) is 22.9 Å². The Balaban J connectivity index is 1.55. The molecule has 38 heavy (non-hydrogen) atoms. The van der Waals surface area contributed by atoms with E-state index in [2.05, 4.69) is 16.7 Å². The first kappa shape index (κ1) is 29.4. The number of aliphatic carboxylic acids is 1. The summed E-state index contributed by atoms with van der Waals surface area (Å²) >= 11 is 0. The number of hydrogen-bond acceptors (Lipinski definition) is 6. The maximum absolute atomic E-state index is 14.0. The Labute approximate surface area is 220 Å². The van der Waals surface area contributed by atoms with E-state index in [0.717, 1.165) is 62.3 Å². The van der Waals surface area contributed by atoms with Crippen LogP contribution in [0.5, 0.6) is 0 Å². The quantitative estimate of drug-likeness (QED) is 0.299. The van der Waals surface area contributed by atoms with E-state index >= 15 is 0 Å². The van der Waals surface area contributed by atoms with Crippen molar-refractivity contribution in [1.29, 1.82) is 0 Å². The third-order valence-electron chi connectivity index (χ3n) is 6.61. The SMILES string of the molecule is COC(CF)CN(CCCCc1ccc2c(n1)NCCC2)CCC(NC(=O)c1cccc(F)c1F)C(=O)O. The standard InChI is InChI=1S/C27H35F3N4O4/c1-38-20(16-28)17-34(14-3-2-7-19-11-10-18-6-5-13-31-25(18)32-19)15-12-23(27(36)37)33-26(35)21-8-4-9-22(29)24(21)30/h4,8-11,20,23H,2-3,5-7,12-17H2,1H3,(H,31,32)(H,33,35)(H,36,37). The number of pyridine rings is 1. The number of aromatic nitrogens is 1. The van der Waals surface area contributed by atoms with Crippen LogP contribution in [0.2, 0.25) is 0 Å². The van der Waals surface area contributed by atoms with Crippen LogP contribution in [0.25, 0.3) is 0 Å². The van der Waals surface area contributed by atoms with Crippen molar-refractivity contribution in [2.24, 2.45) is 0 Å². The molecule has 1 amide bonds. The maximum atomic E-state index is 14.0. The molecule has 1 aromatic carbocycles. The molecule has 8 nitrogen and oxygen atoms in total. The van der Waals surface area contributed by atoms with Gasteiger partial charge in [-0.1, -0.05) is 12.1 Å². The summed E-state index contributed by atoms with van der Waals surface area (Å²) in [5, 5.41) is 15.2. The number of fused-ring (bicyclic) bond motifs is 1. The molecule has 0 radical (unpaired) electrons. The maximum Gasteiger partial charge on any atom is 0.326 e. The van der Waals surface area contributed by atoms with Gasteiger partial charge in [-0.2, -0.15) is 0 Å². The number of halogens is 3. The summed E-state index contributed by atoms with van der Waals surface area (Å²) in [7, 11) is 1.41. The number of methoxy groups -OCH3 is 1. The van der Waals surface area contributed by atoms with Gasteiger partial charge in [0.1, 0.15) is 18.5 Å². The number of nitrogens with zero attached hydrogens (tertiary/aromatic N) is 2. The minimum atomic E-state index is -1.34. The lowest BCUT2D eigenvalue weighted by atomic mass is 10.1. The normalized spacial score (nSPS) is 14.4. The van der Waals surface area contributed by atoms with Gasteiger partial charge in [-0.3, -0.25) is 4.79 Å². The second-order valence-electron chi connectivity index (χ2n) is 9.36. The molecular formula is C27H35F3N4O4. The van der Waals surface area contributed by atoms with Crippen LogP contribution in [-0.4, -0.2) is 79.0 Å². The van der Waals surface area contributed by atoms with Gasteiger partial charge in [0.15, 0.2) is 11.6 Å². The number of nitrogens with one attached hydrogen (secondary N) is 2. The van der Waals surface area contributed by atoms with Crippen molar-refractivity contribution in [2.75, 3.05) is 45.3 Å². The lowest BCUT2D eigenvalue weighted by Gasteiger charge is -2.27. The molecule has 2 heterocycles. The number of alkyl halides is 1. The first-order valence-corrected chi connectivity index (χ1v) is 12.8. The molecule has 0 bridgehead atoms. The number of anilines is 1. The van der Waals surface area contributed by atoms with Gasteiger partial charge in [-0.15, -0.1) is 0 Å². The minimum absolute atomic E-state index is 0.0151. The number of amides is 1. The number of hydrogen-bond donors (Lipinski definition) is 3. The number of aryl methyl sites for hydroxylation is 2. The van der Waals surface area contributed by atoms with Crippen molar-refractivity contribution >= 4 is 17.7 Å². The Kier molecular flexibility index (Phi) is 11.3. The van der Waals surface area contributed by atoms with E-state index in [1.807, 2.05) is 11.0 Å². The highest BCUT2D eigenvalue weighted by molar-refractivity contribution is 5.96. The third-order valence-corrected chi connectivity index (χ3v) is 6.61. The molecule has 1 aliphatic rings. The summed E-state index contributed by atoms with van der Waals surface area (Å²) in [4.78, 5) is 30.8. The van der Waals surface area contributed by atoms with E-state index in [4.69, 9.17) is 9.72 Å². The average molecular weight is 537 g/mol. The Morgan fingerprint density at radius 1 is 1.21 bits per heavy atom. The highest BCUT2D eigenvalue weighted by Crippen LogP contribution is 2.20. The van der Waals surface area contributed by atoms with Gasteiger partial charge < -0.3 is 25.4 Å². The summed E-state index contributed by atoms with van der Waals surface area (Å²) < 4.78 is 46.0. The molecule has 1 aliphatic heterocycles. The number of carboxylic acids is 1.